The fraction of sp³-hybridized carbons (Fsp3) is 1.00. The van der Waals surface area contributed by atoms with Gasteiger partial charge in [-0.25, -0.2) is 0 Å². The van der Waals surface area contributed by atoms with E-state index in [9.17, 15) is 0 Å². The van der Waals surface area contributed by atoms with Crippen LogP contribution in [-0.2, 0) is 4.74 Å². The van der Waals surface area contributed by atoms with Gasteiger partial charge in [0.2, 0.25) is 0 Å². The molecule has 3 heteroatoms. The third-order valence-corrected chi connectivity index (χ3v) is 5.12. The van der Waals surface area contributed by atoms with Crippen LogP contribution in [0.3, 0.4) is 0 Å². The van der Waals surface area contributed by atoms with Crippen LogP contribution in [0.15, 0.2) is 0 Å². The summed E-state index contributed by atoms with van der Waals surface area (Å²) in [6, 6.07) is 1.35. The lowest BCUT2D eigenvalue weighted by atomic mass is 9.83. The second-order valence-corrected chi connectivity index (χ2v) is 6.44. The van der Waals surface area contributed by atoms with Crippen molar-refractivity contribution in [2.45, 2.75) is 64.6 Å². The van der Waals surface area contributed by atoms with E-state index in [1.165, 1.54) is 25.8 Å². The summed E-state index contributed by atoms with van der Waals surface area (Å²) in [5.41, 5.74) is 0.281. The molecule has 3 nitrogen and oxygen atoms in total. The second kappa shape index (κ2) is 5.89. The van der Waals surface area contributed by atoms with Gasteiger partial charge in [-0.1, -0.05) is 13.8 Å². The van der Waals surface area contributed by atoms with E-state index >= 15 is 0 Å². The van der Waals surface area contributed by atoms with E-state index in [2.05, 4.69) is 37.9 Å². The summed E-state index contributed by atoms with van der Waals surface area (Å²) < 4.78 is 5.63. The van der Waals surface area contributed by atoms with Crippen molar-refractivity contribution in [3.63, 3.8) is 0 Å². The largest absolute Gasteiger partial charge is 0.379 e. The fourth-order valence-corrected chi connectivity index (χ4v) is 3.63. The zero-order valence-electron chi connectivity index (χ0n) is 12.5. The maximum absolute atomic E-state index is 5.63. The summed E-state index contributed by atoms with van der Waals surface area (Å²) in [5.74, 6) is 0.725. The Balaban J connectivity index is 1.97. The van der Waals surface area contributed by atoms with Gasteiger partial charge in [-0.2, -0.15) is 0 Å². The first-order valence-corrected chi connectivity index (χ1v) is 7.66. The molecule has 1 N–H and O–H groups in total. The zero-order valence-corrected chi connectivity index (χ0v) is 12.5. The molecule has 2 saturated heterocycles. The Morgan fingerprint density at radius 1 is 1.39 bits per heavy atom. The maximum atomic E-state index is 5.63. The van der Waals surface area contributed by atoms with E-state index < -0.39 is 0 Å². The van der Waals surface area contributed by atoms with Gasteiger partial charge in [0.25, 0.3) is 0 Å². The number of hydrogen-bond acceptors (Lipinski definition) is 3. The predicted molar refractivity (Wildman–Crippen MR) is 75.9 cm³/mol. The highest BCUT2D eigenvalue weighted by Gasteiger charge is 2.43. The molecule has 0 aromatic carbocycles. The molecule has 4 unspecified atom stereocenters. The van der Waals surface area contributed by atoms with Gasteiger partial charge in [0.1, 0.15) is 0 Å². The molecule has 0 amide bonds. The van der Waals surface area contributed by atoms with Gasteiger partial charge in [-0.05, 0) is 45.6 Å². The van der Waals surface area contributed by atoms with Gasteiger partial charge in [-0.3, -0.25) is 4.90 Å². The molecule has 0 aliphatic carbocycles. The van der Waals surface area contributed by atoms with Crippen molar-refractivity contribution in [3.05, 3.63) is 0 Å². The van der Waals surface area contributed by atoms with E-state index in [-0.39, 0.29) is 5.54 Å². The minimum atomic E-state index is 0.281. The van der Waals surface area contributed by atoms with Crippen LogP contribution < -0.4 is 5.32 Å². The molecule has 0 bridgehead atoms. The lowest BCUT2D eigenvalue weighted by Gasteiger charge is -2.50. The molecule has 0 aromatic heterocycles. The normalized spacial score (nSPS) is 42.3. The first-order valence-electron chi connectivity index (χ1n) is 7.66. The predicted octanol–water partition coefficient (Wildman–Crippen LogP) is 2.26. The Morgan fingerprint density at radius 2 is 2.17 bits per heavy atom. The monoisotopic (exact) mass is 254 g/mol. The summed E-state index contributed by atoms with van der Waals surface area (Å²) in [5, 5.41) is 3.72. The van der Waals surface area contributed by atoms with E-state index in [1.807, 2.05) is 0 Å². The molecule has 0 spiro atoms. The van der Waals surface area contributed by atoms with Crippen molar-refractivity contribution in [2.75, 3.05) is 26.3 Å². The van der Waals surface area contributed by atoms with Crippen LogP contribution in [0.4, 0.5) is 0 Å². The molecular weight excluding hydrogens is 224 g/mol. The van der Waals surface area contributed by atoms with Gasteiger partial charge < -0.3 is 10.1 Å². The van der Waals surface area contributed by atoms with Crippen LogP contribution in [0.25, 0.3) is 0 Å². The third-order valence-electron chi connectivity index (χ3n) is 5.12. The van der Waals surface area contributed by atoms with Gasteiger partial charge in [0.15, 0.2) is 0 Å². The smallest absolute Gasteiger partial charge is 0.0648 e. The SMILES string of the molecule is CCCNC1CCN(C2(C)CCOC2)C(C)C1C. The molecule has 2 aliphatic heterocycles. The van der Waals surface area contributed by atoms with Crippen molar-refractivity contribution in [2.24, 2.45) is 5.92 Å². The van der Waals surface area contributed by atoms with E-state index in [0.717, 1.165) is 25.7 Å². The van der Waals surface area contributed by atoms with Crippen LogP contribution >= 0.6 is 0 Å². The number of piperidine rings is 1. The van der Waals surface area contributed by atoms with E-state index in [4.69, 9.17) is 4.74 Å². The van der Waals surface area contributed by atoms with Crippen molar-refractivity contribution in [3.8, 4) is 0 Å². The summed E-state index contributed by atoms with van der Waals surface area (Å²) in [4.78, 5) is 2.70. The van der Waals surface area contributed by atoms with Crippen molar-refractivity contribution < 1.29 is 4.74 Å². The van der Waals surface area contributed by atoms with Crippen molar-refractivity contribution in [1.82, 2.24) is 10.2 Å². The average molecular weight is 254 g/mol. The van der Waals surface area contributed by atoms with Gasteiger partial charge >= 0.3 is 0 Å². The lowest BCUT2D eigenvalue weighted by molar-refractivity contribution is -0.00913. The summed E-state index contributed by atoms with van der Waals surface area (Å²) in [6.07, 6.45) is 3.70. The van der Waals surface area contributed by atoms with E-state index in [0.29, 0.717) is 12.1 Å². The topological polar surface area (TPSA) is 24.5 Å². The standard InChI is InChI=1S/C15H30N2O/c1-5-8-16-14-6-9-17(13(3)12(14)2)15(4)7-10-18-11-15/h12-14,16H,5-11H2,1-4H3. The molecule has 2 aliphatic rings. The molecule has 106 valence electrons. The number of nitrogens with zero attached hydrogens (tertiary/aromatic N) is 1. The summed E-state index contributed by atoms with van der Waals surface area (Å²) in [6.45, 7) is 13.6. The zero-order chi connectivity index (χ0) is 13.2. The number of likely N-dealkylation sites (tertiary alicyclic amines) is 1. The van der Waals surface area contributed by atoms with Gasteiger partial charge in [0.05, 0.1) is 6.61 Å². The lowest BCUT2D eigenvalue weighted by Crippen LogP contribution is -2.61. The molecule has 4 atom stereocenters. The Labute approximate surface area is 112 Å². The molecule has 2 fully saturated rings. The molecule has 2 rings (SSSR count). The second-order valence-electron chi connectivity index (χ2n) is 6.44. The van der Waals surface area contributed by atoms with Crippen LogP contribution in [-0.4, -0.2) is 48.8 Å². The maximum Gasteiger partial charge on any atom is 0.0648 e. The minimum absolute atomic E-state index is 0.281. The van der Waals surface area contributed by atoms with Crippen LogP contribution in [0, 0.1) is 5.92 Å². The van der Waals surface area contributed by atoms with Crippen LogP contribution in [0.2, 0.25) is 0 Å². The molecule has 2 heterocycles. The molecule has 0 radical (unpaired) electrons. The summed E-state index contributed by atoms with van der Waals surface area (Å²) in [7, 11) is 0. The van der Waals surface area contributed by atoms with Crippen LogP contribution in [0.1, 0.15) is 47.0 Å². The van der Waals surface area contributed by atoms with Gasteiger partial charge in [0, 0.05) is 30.8 Å². The Kier molecular flexibility index (Phi) is 4.68. The molecule has 0 saturated carbocycles. The van der Waals surface area contributed by atoms with Crippen LogP contribution in [0.5, 0.6) is 0 Å². The average Bonchev–Trinajstić information content (AvgIpc) is 2.79. The Hall–Kier alpha value is -0.120. The Bertz CT molecular complexity index is 263. The van der Waals surface area contributed by atoms with Crippen molar-refractivity contribution in [1.29, 1.82) is 0 Å². The minimum Gasteiger partial charge on any atom is -0.379 e. The highest BCUT2D eigenvalue weighted by molar-refractivity contribution is 4.98. The Morgan fingerprint density at radius 3 is 2.78 bits per heavy atom. The number of rotatable bonds is 4. The quantitative estimate of drug-likeness (QED) is 0.833. The first-order chi connectivity index (χ1) is 8.58. The third kappa shape index (κ3) is 2.73. The highest BCUT2D eigenvalue weighted by Crippen LogP contribution is 2.34. The molecular formula is C15H30N2O. The van der Waals surface area contributed by atoms with Gasteiger partial charge in [-0.15, -0.1) is 0 Å². The molecule has 18 heavy (non-hydrogen) atoms. The number of nitrogens with one attached hydrogen (secondary N) is 1. The highest BCUT2D eigenvalue weighted by atomic mass is 16.5. The van der Waals surface area contributed by atoms with E-state index in [1.54, 1.807) is 0 Å². The number of hydrogen-bond donors (Lipinski definition) is 1. The molecule has 0 aromatic rings. The number of ether oxygens (including phenoxy) is 1. The fourth-order valence-electron chi connectivity index (χ4n) is 3.63. The first kappa shape index (κ1) is 14.3. The van der Waals surface area contributed by atoms with Crippen molar-refractivity contribution >= 4 is 0 Å². The summed E-state index contributed by atoms with van der Waals surface area (Å²) >= 11 is 0.